The maximum absolute atomic E-state index is 11.7. The van der Waals surface area contributed by atoms with Gasteiger partial charge < -0.3 is 5.32 Å². The molecule has 0 aromatic carbocycles. The van der Waals surface area contributed by atoms with Gasteiger partial charge in [0.1, 0.15) is 5.15 Å². The summed E-state index contributed by atoms with van der Waals surface area (Å²) >= 11 is 5.82. The Balaban J connectivity index is 2.81. The monoisotopic (exact) mass is 236 g/mol. The van der Waals surface area contributed by atoms with Crippen molar-refractivity contribution in [3.05, 3.63) is 28.5 Å². The van der Waals surface area contributed by atoms with E-state index in [2.05, 4.69) is 22.1 Å². The quantitative estimate of drug-likeness (QED) is 0.645. The molecule has 0 bridgehead atoms. The molecule has 16 heavy (non-hydrogen) atoms. The molecule has 1 N–H and O–H groups in total. The molecule has 0 spiro atoms. The maximum atomic E-state index is 11.7. The Bertz CT molecular complexity index is 446. The van der Waals surface area contributed by atoms with Crippen molar-refractivity contribution in [2.45, 2.75) is 20.3 Å². The summed E-state index contributed by atoms with van der Waals surface area (Å²) in [5, 5.41) is 3.02. The molecule has 3 nitrogen and oxygen atoms in total. The highest BCUT2D eigenvalue weighted by Gasteiger charge is 2.07. The second-order valence-corrected chi connectivity index (χ2v) is 3.52. The molecule has 1 aromatic heterocycles. The highest BCUT2D eigenvalue weighted by Crippen LogP contribution is 2.11. The Kier molecular flexibility index (Phi) is 4.81. The van der Waals surface area contributed by atoms with E-state index >= 15 is 0 Å². The van der Waals surface area contributed by atoms with Crippen LogP contribution in [0.25, 0.3) is 0 Å². The molecule has 1 rings (SSSR count). The van der Waals surface area contributed by atoms with Gasteiger partial charge in [-0.25, -0.2) is 4.98 Å². The van der Waals surface area contributed by atoms with Gasteiger partial charge in [0.15, 0.2) is 0 Å². The Morgan fingerprint density at radius 1 is 1.56 bits per heavy atom. The molecule has 0 aliphatic heterocycles. The second kappa shape index (κ2) is 6.14. The number of halogens is 1. The molecule has 0 saturated carbocycles. The molecule has 4 heteroatoms. The lowest BCUT2D eigenvalue weighted by atomic mass is 10.2. The third kappa shape index (κ3) is 3.56. The number of hydrogen-bond acceptors (Lipinski definition) is 2. The summed E-state index contributed by atoms with van der Waals surface area (Å²) < 4.78 is 0. The summed E-state index contributed by atoms with van der Waals surface area (Å²) in [6.45, 7) is 4.03. The zero-order valence-corrected chi connectivity index (χ0v) is 10.1. The van der Waals surface area contributed by atoms with E-state index in [9.17, 15) is 4.79 Å². The van der Waals surface area contributed by atoms with Crippen molar-refractivity contribution >= 4 is 17.5 Å². The minimum absolute atomic E-state index is 0.179. The Hall–Kier alpha value is -1.53. The maximum Gasteiger partial charge on any atom is 0.252 e. The predicted octanol–water partition coefficient (Wildman–Crippen LogP) is 2.05. The van der Waals surface area contributed by atoms with Crippen LogP contribution in [0.4, 0.5) is 0 Å². The SMILES string of the molecule is CC#CCNC(=O)c1cc(Cl)nc(CC)c1. The van der Waals surface area contributed by atoms with Crippen molar-refractivity contribution in [2.24, 2.45) is 0 Å². The highest BCUT2D eigenvalue weighted by atomic mass is 35.5. The molecule has 0 fully saturated rings. The van der Waals surface area contributed by atoms with Gasteiger partial charge in [0, 0.05) is 11.3 Å². The van der Waals surface area contributed by atoms with E-state index in [4.69, 9.17) is 11.6 Å². The number of nitrogens with one attached hydrogen (secondary N) is 1. The molecule has 1 heterocycles. The highest BCUT2D eigenvalue weighted by molar-refractivity contribution is 6.29. The number of carbonyl (C=O) groups is 1. The van der Waals surface area contributed by atoms with Gasteiger partial charge in [-0.3, -0.25) is 4.79 Å². The molecule has 0 saturated heterocycles. The van der Waals surface area contributed by atoms with Gasteiger partial charge in [0.25, 0.3) is 5.91 Å². The predicted molar refractivity (Wildman–Crippen MR) is 64.4 cm³/mol. The van der Waals surface area contributed by atoms with E-state index in [0.717, 1.165) is 12.1 Å². The van der Waals surface area contributed by atoms with Gasteiger partial charge in [0.05, 0.1) is 6.54 Å². The van der Waals surface area contributed by atoms with Gasteiger partial charge in [-0.1, -0.05) is 24.4 Å². The van der Waals surface area contributed by atoms with Crippen LogP contribution in [0.2, 0.25) is 5.15 Å². The van der Waals surface area contributed by atoms with Crippen molar-refractivity contribution in [1.29, 1.82) is 0 Å². The van der Waals surface area contributed by atoms with Crippen LogP contribution < -0.4 is 5.32 Å². The first kappa shape index (κ1) is 12.5. The molecule has 0 atom stereocenters. The van der Waals surface area contributed by atoms with Crippen molar-refractivity contribution in [3.63, 3.8) is 0 Å². The Morgan fingerprint density at radius 3 is 2.94 bits per heavy atom. The average molecular weight is 237 g/mol. The largest absolute Gasteiger partial charge is 0.341 e. The van der Waals surface area contributed by atoms with Gasteiger partial charge in [-0.05, 0) is 25.5 Å². The lowest BCUT2D eigenvalue weighted by Gasteiger charge is -2.04. The van der Waals surface area contributed by atoms with E-state index in [1.165, 1.54) is 0 Å². The van der Waals surface area contributed by atoms with E-state index in [0.29, 0.717) is 17.3 Å². The van der Waals surface area contributed by atoms with Crippen LogP contribution in [0.3, 0.4) is 0 Å². The van der Waals surface area contributed by atoms with Crippen LogP contribution in [0.1, 0.15) is 29.9 Å². The van der Waals surface area contributed by atoms with E-state index in [1.54, 1.807) is 19.1 Å². The number of carbonyl (C=O) groups excluding carboxylic acids is 1. The van der Waals surface area contributed by atoms with Gasteiger partial charge >= 0.3 is 0 Å². The van der Waals surface area contributed by atoms with Crippen molar-refractivity contribution < 1.29 is 4.79 Å². The first-order valence-electron chi connectivity index (χ1n) is 5.01. The summed E-state index contributed by atoms with van der Waals surface area (Å²) in [5.74, 6) is 5.29. The van der Waals surface area contributed by atoms with Gasteiger partial charge in [0.2, 0.25) is 0 Å². The fourth-order valence-corrected chi connectivity index (χ4v) is 1.40. The van der Waals surface area contributed by atoms with E-state index in [-0.39, 0.29) is 5.91 Å². The number of aromatic nitrogens is 1. The zero-order valence-electron chi connectivity index (χ0n) is 9.30. The minimum atomic E-state index is -0.179. The first-order chi connectivity index (χ1) is 7.67. The average Bonchev–Trinajstić information content (AvgIpc) is 2.28. The number of pyridine rings is 1. The van der Waals surface area contributed by atoms with Crippen LogP contribution in [-0.2, 0) is 6.42 Å². The molecular formula is C12H13ClN2O. The smallest absolute Gasteiger partial charge is 0.252 e. The van der Waals surface area contributed by atoms with Crippen LogP contribution in [-0.4, -0.2) is 17.4 Å². The fraction of sp³-hybridized carbons (Fsp3) is 0.333. The van der Waals surface area contributed by atoms with E-state index < -0.39 is 0 Å². The second-order valence-electron chi connectivity index (χ2n) is 3.13. The van der Waals surface area contributed by atoms with Crippen LogP contribution in [0.5, 0.6) is 0 Å². The van der Waals surface area contributed by atoms with Gasteiger partial charge in [-0.15, -0.1) is 5.92 Å². The molecule has 1 aromatic rings. The normalized spacial score (nSPS) is 9.19. The topological polar surface area (TPSA) is 42.0 Å². The van der Waals surface area contributed by atoms with Crippen molar-refractivity contribution in [2.75, 3.05) is 6.54 Å². The van der Waals surface area contributed by atoms with E-state index in [1.807, 2.05) is 6.92 Å². The summed E-state index contributed by atoms with van der Waals surface area (Å²) in [7, 11) is 0. The summed E-state index contributed by atoms with van der Waals surface area (Å²) in [5.41, 5.74) is 1.33. The molecule has 0 unspecified atom stereocenters. The molecule has 0 radical (unpaired) electrons. The first-order valence-corrected chi connectivity index (χ1v) is 5.39. The van der Waals surface area contributed by atoms with Gasteiger partial charge in [-0.2, -0.15) is 0 Å². The van der Waals surface area contributed by atoms with Crippen LogP contribution in [0, 0.1) is 11.8 Å². The molecule has 0 aliphatic rings. The Labute approximate surface area is 100 Å². The summed E-state index contributed by atoms with van der Waals surface area (Å²) in [6, 6.07) is 3.29. The lowest BCUT2D eigenvalue weighted by Crippen LogP contribution is -2.23. The number of nitrogens with zero attached hydrogens (tertiary/aromatic N) is 1. The lowest BCUT2D eigenvalue weighted by molar-refractivity contribution is 0.0958. The number of aryl methyl sites for hydroxylation is 1. The molecular weight excluding hydrogens is 224 g/mol. The zero-order chi connectivity index (χ0) is 12.0. The van der Waals surface area contributed by atoms with Crippen molar-refractivity contribution in [3.8, 4) is 11.8 Å². The Morgan fingerprint density at radius 2 is 2.31 bits per heavy atom. The fourth-order valence-electron chi connectivity index (χ4n) is 1.18. The minimum Gasteiger partial charge on any atom is -0.341 e. The third-order valence-electron chi connectivity index (χ3n) is 1.99. The van der Waals surface area contributed by atoms with Crippen LogP contribution >= 0.6 is 11.6 Å². The number of amides is 1. The van der Waals surface area contributed by atoms with Crippen molar-refractivity contribution in [1.82, 2.24) is 10.3 Å². The molecule has 0 aliphatic carbocycles. The third-order valence-corrected chi connectivity index (χ3v) is 2.18. The summed E-state index contributed by atoms with van der Waals surface area (Å²) in [6.07, 6.45) is 0.746. The standard InChI is InChI=1S/C12H13ClN2O/c1-3-5-6-14-12(16)9-7-10(4-2)15-11(13)8-9/h7-8H,4,6H2,1-2H3,(H,14,16). The molecule has 84 valence electrons. The molecule has 1 amide bonds. The van der Waals surface area contributed by atoms with Crippen LogP contribution in [0.15, 0.2) is 12.1 Å². The summed E-state index contributed by atoms with van der Waals surface area (Å²) in [4.78, 5) is 15.8. The number of rotatable bonds is 3. The number of hydrogen-bond donors (Lipinski definition) is 1.